The highest BCUT2D eigenvalue weighted by molar-refractivity contribution is 6.31. The average molecular weight is 381 g/mol. The van der Waals surface area contributed by atoms with E-state index in [1.54, 1.807) is 48.5 Å². The van der Waals surface area contributed by atoms with Crippen molar-refractivity contribution in [2.24, 2.45) is 0 Å². The molecule has 2 aromatic carbocycles. The van der Waals surface area contributed by atoms with Gasteiger partial charge >= 0.3 is 5.97 Å². The van der Waals surface area contributed by atoms with Crippen molar-refractivity contribution < 1.29 is 24.2 Å². The number of benzene rings is 2. The van der Waals surface area contributed by atoms with Gasteiger partial charge in [0.1, 0.15) is 11.3 Å². The molecule has 2 aromatic rings. The molecule has 0 radical (unpaired) electrons. The van der Waals surface area contributed by atoms with Crippen molar-refractivity contribution in [3.63, 3.8) is 0 Å². The molecule has 1 heterocycles. The summed E-state index contributed by atoms with van der Waals surface area (Å²) in [6.07, 6.45) is 1.40. The van der Waals surface area contributed by atoms with Crippen LogP contribution in [0.1, 0.15) is 5.56 Å². The summed E-state index contributed by atoms with van der Waals surface area (Å²) in [4.78, 5) is 37.7. The van der Waals surface area contributed by atoms with E-state index < -0.39 is 24.4 Å². The molecule has 8 heteroatoms. The molecule has 28 heavy (non-hydrogen) atoms. The summed E-state index contributed by atoms with van der Waals surface area (Å²) in [5, 5.41) is 10.1. The largest absolute Gasteiger partial charge is 0.481 e. The number of carbonyl (C=O) groups is 3. The van der Waals surface area contributed by atoms with E-state index in [0.717, 1.165) is 5.69 Å². The Kier molecular flexibility index (Phi) is 5.30. The Morgan fingerprint density at radius 3 is 2.54 bits per heavy atom. The fourth-order valence-corrected chi connectivity index (χ4v) is 2.66. The summed E-state index contributed by atoms with van der Waals surface area (Å²) in [6.45, 7) is -0.538. The van der Waals surface area contributed by atoms with E-state index in [-0.39, 0.29) is 11.3 Å². The molecule has 0 saturated carbocycles. The first-order valence-electron chi connectivity index (χ1n) is 8.45. The minimum absolute atomic E-state index is 0.0679. The fraction of sp³-hybridized carbons (Fsp3) is 0.150. The topological polar surface area (TPSA) is 99.2 Å². The molecule has 0 atom stereocenters. The van der Waals surface area contributed by atoms with E-state index in [1.165, 1.54) is 11.1 Å². The molecule has 1 aliphatic rings. The molecule has 2 N–H and O–H groups in total. The Morgan fingerprint density at radius 1 is 1.18 bits per heavy atom. The highest BCUT2D eigenvalue weighted by Gasteiger charge is 2.34. The second-order valence-corrected chi connectivity index (χ2v) is 6.27. The monoisotopic (exact) mass is 381 g/mol. The molecule has 1 fully saturated rings. The van der Waals surface area contributed by atoms with Crippen molar-refractivity contribution >= 4 is 35.2 Å². The molecule has 0 aromatic heterocycles. The second kappa shape index (κ2) is 7.83. The normalized spacial score (nSPS) is 14.9. The molecule has 0 aliphatic carbocycles. The van der Waals surface area contributed by atoms with Crippen LogP contribution >= 0.6 is 0 Å². The van der Waals surface area contributed by atoms with E-state index in [1.807, 2.05) is 19.0 Å². The van der Waals surface area contributed by atoms with E-state index in [9.17, 15) is 14.4 Å². The highest BCUT2D eigenvalue weighted by Crippen LogP contribution is 2.29. The number of amides is 2. The maximum Gasteiger partial charge on any atom is 0.341 e. The maximum atomic E-state index is 12.7. The Labute approximate surface area is 161 Å². The van der Waals surface area contributed by atoms with Gasteiger partial charge in [-0.05, 0) is 30.3 Å². The molecular weight excluding hydrogens is 362 g/mol. The van der Waals surface area contributed by atoms with Gasteiger partial charge in [0.15, 0.2) is 6.61 Å². The third kappa shape index (κ3) is 3.96. The number of hydrogen-bond acceptors (Lipinski definition) is 5. The molecule has 1 saturated heterocycles. The van der Waals surface area contributed by atoms with Gasteiger partial charge in [0, 0.05) is 31.4 Å². The van der Waals surface area contributed by atoms with Crippen LogP contribution in [0, 0.1) is 0 Å². The van der Waals surface area contributed by atoms with Gasteiger partial charge in [0.05, 0.1) is 5.69 Å². The Balaban J connectivity index is 1.96. The fourth-order valence-electron chi connectivity index (χ4n) is 2.66. The highest BCUT2D eigenvalue weighted by atomic mass is 16.5. The Hall–Kier alpha value is -3.81. The second-order valence-electron chi connectivity index (χ2n) is 6.27. The molecule has 8 nitrogen and oxygen atoms in total. The third-order valence-corrected chi connectivity index (χ3v) is 4.07. The molecule has 3 rings (SSSR count). The number of para-hydroxylation sites is 1. The number of anilines is 2. The van der Waals surface area contributed by atoms with Crippen molar-refractivity contribution in [1.29, 1.82) is 0 Å². The summed E-state index contributed by atoms with van der Waals surface area (Å²) in [7, 11) is 3.67. The third-order valence-electron chi connectivity index (χ3n) is 4.07. The van der Waals surface area contributed by atoms with E-state index in [0.29, 0.717) is 11.3 Å². The van der Waals surface area contributed by atoms with E-state index in [4.69, 9.17) is 9.84 Å². The zero-order valence-electron chi connectivity index (χ0n) is 15.4. The summed E-state index contributed by atoms with van der Waals surface area (Å²) >= 11 is 0. The Morgan fingerprint density at radius 2 is 1.89 bits per heavy atom. The van der Waals surface area contributed by atoms with Crippen molar-refractivity contribution in [1.82, 2.24) is 5.43 Å². The van der Waals surface area contributed by atoms with Crippen LogP contribution in [0.4, 0.5) is 11.4 Å². The predicted molar refractivity (Wildman–Crippen MR) is 104 cm³/mol. The SMILES string of the molecule is CN(C)c1ccc(/C=C2/C(=O)NN(c3ccccc3)C2=O)c(OCC(=O)O)c1. The van der Waals surface area contributed by atoms with Gasteiger partial charge in [-0.3, -0.25) is 15.0 Å². The summed E-state index contributed by atoms with van der Waals surface area (Å²) in [5.74, 6) is -1.91. The first-order chi connectivity index (χ1) is 13.4. The van der Waals surface area contributed by atoms with Gasteiger partial charge in [-0.15, -0.1) is 0 Å². The van der Waals surface area contributed by atoms with Crippen LogP contribution in [0.2, 0.25) is 0 Å². The van der Waals surface area contributed by atoms with Crippen molar-refractivity contribution in [2.45, 2.75) is 0 Å². The molecule has 0 unspecified atom stereocenters. The first kappa shape index (κ1) is 19.0. The summed E-state index contributed by atoms with van der Waals surface area (Å²) < 4.78 is 5.35. The lowest BCUT2D eigenvalue weighted by Gasteiger charge is -2.16. The minimum Gasteiger partial charge on any atom is -0.481 e. The number of ether oxygens (including phenoxy) is 1. The summed E-state index contributed by atoms with van der Waals surface area (Å²) in [6, 6.07) is 13.8. The molecule has 0 bridgehead atoms. The van der Waals surface area contributed by atoms with Gasteiger partial charge < -0.3 is 14.7 Å². The number of rotatable bonds is 6. The zero-order chi connectivity index (χ0) is 20.3. The van der Waals surface area contributed by atoms with Crippen LogP contribution in [0.3, 0.4) is 0 Å². The van der Waals surface area contributed by atoms with Crippen LogP contribution in [0.5, 0.6) is 5.75 Å². The summed E-state index contributed by atoms with van der Waals surface area (Å²) in [5.41, 5.74) is 4.21. The minimum atomic E-state index is -1.13. The van der Waals surface area contributed by atoms with Gasteiger partial charge in [-0.25, -0.2) is 9.80 Å². The van der Waals surface area contributed by atoms with Crippen molar-refractivity contribution in [3.8, 4) is 5.75 Å². The van der Waals surface area contributed by atoms with Crippen LogP contribution in [-0.4, -0.2) is 43.6 Å². The number of aliphatic carboxylic acids is 1. The smallest absolute Gasteiger partial charge is 0.341 e. The first-order valence-corrected chi connectivity index (χ1v) is 8.45. The number of nitrogens with zero attached hydrogens (tertiary/aromatic N) is 2. The van der Waals surface area contributed by atoms with Crippen LogP contribution in [-0.2, 0) is 14.4 Å². The average Bonchev–Trinajstić information content (AvgIpc) is 2.95. The molecule has 144 valence electrons. The lowest BCUT2D eigenvalue weighted by molar-refractivity contribution is -0.139. The molecule has 1 aliphatic heterocycles. The number of carboxylic acids is 1. The van der Waals surface area contributed by atoms with Crippen LogP contribution in [0.15, 0.2) is 54.1 Å². The number of nitrogens with one attached hydrogen (secondary N) is 1. The Bertz CT molecular complexity index is 954. The number of hydrazine groups is 1. The van der Waals surface area contributed by atoms with Gasteiger partial charge in [0.2, 0.25) is 0 Å². The van der Waals surface area contributed by atoms with Gasteiger partial charge in [-0.1, -0.05) is 18.2 Å². The predicted octanol–water partition coefficient (Wildman–Crippen LogP) is 1.68. The van der Waals surface area contributed by atoms with Gasteiger partial charge in [0.25, 0.3) is 11.8 Å². The molecular formula is C20H19N3O5. The van der Waals surface area contributed by atoms with E-state index in [2.05, 4.69) is 5.43 Å². The lowest BCUT2D eigenvalue weighted by Crippen LogP contribution is -2.35. The zero-order valence-corrected chi connectivity index (χ0v) is 15.4. The quantitative estimate of drug-likeness (QED) is 0.583. The van der Waals surface area contributed by atoms with Crippen LogP contribution in [0.25, 0.3) is 6.08 Å². The standard InChI is InChI=1S/C20H19N3O5/c1-22(2)15-9-8-13(17(11-15)28-12-18(24)25)10-16-19(26)21-23(20(16)27)14-6-4-3-5-7-14/h3-11H,12H2,1-2H3,(H,21,26)(H,24,25)/b16-10-. The van der Waals surface area contributed by atoms with E-state index >= 15 is 0 Å². The number of carbonyl (C=O) groups excluding carboxylic acids is 2. The van der Waals surface area contributed by atoms with Crippen molar-refractivity contribution in [2.75, 3.05) is 30.6 Å². The van der Waals surface area contributed by atoms with Crippen LogP contribution < -0.4 is 20.1 Å². The molecule has 2 amide bonds. The van der Waals surface area contributed by atoms with Gasteiger partial charge in [-0.2, -0.15) is 0 Å². The lowest BCUT2D eigenvalue weighted by atomic mass is 10.1. The number of carboxylic acid groups (broad SMARTS) is 1. The number of hydrogen-bond donors (Lipinski definition) is 2. The maximum absolute atomic E-state index is 12.7. The molecule has 0 spiro atoms. The van der Waals surface area contributed by atoms with Crippen molar-refractivity contribution in [3.05, 3.63) is 59.7 Å².